The van der Waals surface area contributed by atoms with Crippen LogP contribution in [0.3, 0.4) is 0 Å². The Labute approximate surface area is 162 Å². The molecule has 1 aromatic heterocycles. The fourth-order valence-electron chi connectivity index (χ4n) is 3.15. The molecule has 6 heteroatoms. The van der Waals surface area contributed by atoms with Crippen LogP contribution in [0.1, 0.15) is 36.0 Å². The number of para-hydroxylation sites is 2. The SMILES string of the molecule is O=C(O)CCCCCn1cc(C(=O)Nc2ccccc2)c(=O)c2ccccc21. The number of hydrogen-bond donors (Lipinski definition) is 2. The highest BCUT2D eigenvalue weighted by Gasteiger charge is 2.15. The smallest absolute Gasteiger partial charge is 0.303 e. The molecule has 0 spiro atoms. The van der Waals surface area contributed by atoms with Crippen molar-refractivity contribution < 1.29 is 14.7 Å². The van der Waals surface area contributed by atoms with E-state index in [1.807, 2.05) is 34.9 Å². The Morgan fingerprint density at radius 1 is 0.929 bits per heavy atom. The number of aliphatic carboxylic acids is 1. The van der Waals surface area contributed by atoms with E-state index < -0.39 is 11.9 Å². The van der Waals surface area contributed by atoms with Gasteiger partial charge in [-0.15, -0.1) is 0 Å². The third-order valence-corrected chi connectivity index (χ3v) is 4.55. The number of rotatable bonds is 8. The number of anilines is 1. The van der Waals surface area contributed by atoms with E-state index in [1.54, 1.807) is 30.5 Å². The van der Waals surface area contributed by atoms with Crippen LogP contribution in [0.25, 0.3) is 10.9 Å². The van der Waals surface area contributed by atoms with Gasteiger partial charge in [-0.3, -0.25) is 14.4 Å². The van der Waals surface area contributed by atoms with Crippen molar-refractivity contribution in [1.82, 2.24) is 4.57 Å². The molecule has 6 nitrogen and oxygen atoms in total. The highest BCUT2D eigenvalue weighted by Crippen LogP contribution is 2.15. The first-order valence-corrected chi connectivity index (χ1v) is 9.26. The highest BCUT2D eigenvalue weighted by atomic mass is 16.4. The number of aromatic nitrogens is 1. The molecule has 0 bridgehead atoms. The summed E-state index contributed by atoms with van der Waals surface area (Å²) in [6.45, 7) is 0.603. The number of carboxylic acid groups (broad SMARTS) is 1. The van der Waals surface area contributed by atoms with E-state index >= 15 is 0 Å². The predicted molar refractivity (Wildman–Crippen MR) is 109 cm³/mol. The molecule has 3 aromatic rings. The summed E-state index contributed by atoms with van der Waals surface area (Å²) in [4.78, 5) is 36.1. The zero-order valence-electron chi connectivity index (χ0n) is 15.4. The molecule has 0 saturated carbocycles. The fourth-order valence-corrected chi connectivity index (χ4v) is 3.15. The first-order valence-electron chi connectivity index (χ1n) is 9.26. The number of unbranched alkanes of at least 4 members (excludes halogenated alkanes) is 2. The second-order valence-electron chi connectivity index (χ2n) is 6.61. The van der Waals surface area contributed by atoms with E-state index in [4.69, 9.17) is 5.11 Å². The van der Waals surface area contributed by atoms with Gasteiger partial charge < -0.3 is 15.0 Å². The predicted octanol–water partition coefficient (Wildman–Crippen LogP) is 3.90. The second-order valence-corrected chi connectivity index (χ2v) is 6.61. The summed E-state index contributed by atoms with van der Waals surface area (Å²) >= 11 is 0. The van der Waals surface area contributed by atoms with Crippen molar-refractivity contribution in [2.75, 3.05) is 5.32 Å². The molecule has 0 saturated heterocycles. The molecular weight excluding hydrogens is 356 g/mol. The molecule has 0 aliphatic carbocycles. The number of carbonyl (C=O) groups excluding carboxylic acids is 1. The number of nitrogens with zero attached hydrogens (tertiary/aromatic N) is 1. The van der Waals surface area contributed by atoms with Crippen molar-refractivity contribution in [1.29, 1.82) is 0 Å². The Morgan fingerprint density at radius 3 is 2.39 bits per heavy atom. The Hall–Kier alpha value is -3.41. The Balaban J connectivity index is 1.86. The van der Waals surface area contributed by atoms with Crippen LogP contribution in [0.4, 0.5) is 5.69 Å². The van der Waals surface area contributed by atoms with Gasteiger partial charge in [0.15, 0.2) is 0 Å². The average molecular weight is 378 g/mol. The first-order chi connectivity index (χ1) is 13.6. The lowest BCUT2D eigenvalue weighted by molar-refractivity contribution is -0.137. The van der Waals surface area contributed by atoms with E-state index in [1.165, 1.54) is 0 Å². The summed E-state index contributed by atoms with van der Waals surface area (Å²) in [5.74, 6) is -1.24. The van der Waals surface area contributed by atoms with Gasteiger partial charge in [-0.25, -0.2) is 0 Å². The van der Waals surface area contributed by atoms with Gasteiger partial charge in [-0.1, -0.05) is 36.8 Å². The van der Waals surface area contributed by atoms with Crippen LogP contribution in [0.5, 0.6) is 0 Å². The minimum absolute atomic E-state index is 0.0908. The molecule has 144 valence electrons. The molecule has 0 aliphatic rings. The zero-order chi connectivity index (χ0) is 19.9. The third-order valence-electron chi connectivity index (χ3n) is 4.55. The Morgan fingerprint density at radius 2 is 1.64 bits per heavy atom. The number of amides is 1. The van der Waals surface area contributed by atoms with Crippen LogP contribution in [-0.2, 0) is 11.3 Å². The Kier molecular flexibility index (Phi) is 6.22. The second kappa shape index (κ2) is 8.99. The number of benzene rings is 2. The van der Waals surface area contributed by atoms with Gasteiger partial charge in [0, 0.05) is 30.2 Å². The molecule has 1 heterocycles. The maximum atomic E-state index is 12.8. The molecule has 0 unspecified atom stereocenters. The molecular formula is C22H22N2O4. The number of nitrogens with one attached hydrogen (secondary N) is 1. The van der Waals surface area contributed by atoms with E-state index in [-0.39, 0.29) is 17.4 Å². The van der Waals surface area contributed by atoms with Crippen LogP contribution >= 0.6 is 0 Å². The number of pyridine rings is 1. The van der Waals surface area contributed by atoms with Gasteiger partial charge >= 0.3 is 5.97 Å². The van der Waals surface area contributed by atoms with Gasteiger partial charge in [-0.05, 0) is 37.1 Å². The van der Waals surface area contributed by atoms with Crippen LogP contribution in [0.2, 0.25) is 0 Å². The lowest BCUT2D eigenvalue weighted by Crippen LogP contribution is -2.24. The molecule has 0 atom stereocenters. The fraction of sp³-hybridized carbons (Fsp3) is 0.227. The molecule has 2 aromatic carbocycles. The van der Waals surface area contributed by atoms with Crippen molar-refractivity contribution >= 4 is 28.5 Å². The molecule has 1 amide bonds. The number of fused-ring (bicyclic) bond motifs is 1. The number of carboxylic acids is 1. The molecule has 0 fully saturated rings. The molecule has 0 aliphatic heterocycles. The lowest BCUT2D eigenvalue weighted by atomic mass is 10.1. The summed E-state index contributed by atoms with van der Waals surface area (Å²) in [6.07, 6.45) is 3.88. The standard InChI is InChI=1S/C22H22N2O4/c25-20(26)13-5-2-8-14-24-15-18(21(27)17-11-6-7-12-19(17)24)22(28)23-16-9-3-1-4-10-16/h1,3-4,6-7,9-12,15H,2,5,8,13-14H2,(H,23,28)(H,25,26). The summed E-state index contributed by atoms with van der Waals surface area (Å²) < 4.78 is 1.90. The van der Waals surface area contributed by atoms with E-state index in [0.29, 0.717) is 24.0 Å². The van der Waals surface area contributed by atoms with Gasteiger partial charge in [0.25, 0.3) is 5.91 Å². The number of aryl methyl sites for hydroxylation is 1. The maximum absolute atomic E-state index is 12.8. The first kappa shape index (κ1) is 19.4. The molecule has 0 radical (unpaired) electrons. The van der Waals surface area contributed by atoms with Crippen molar-refractivity contribution in [3.05, 3.63) is 76.6 Å². The van der Waals surface area contributed by atoms with Crippen LogP contribution in [0.15, 0.2) is 65.6 Å². The average Bonchev–Trinajstić information content (AvgIpc) is 2.70. The summed E-state index contributed by atoms with van der Waals surface area (Å²) in [5, 5.41) is 12.0. The minimum atomic E-state index is -0.798. The van der Waals surface area contributed by atoms with E-state index in [2.05, 4.69) is 5.32 Å². The molecule has 3 rings (SSSR count). The zero-order valence-corrected chi connectivity index (χ0v) is 15.4. The summed E-state index contributed by atoms with van der Waals surface area (Å²) in [6, 6.07) is 16.2. The van der Waals surface area contributed by atoms with Gasteiger partial charge in [0.1, 0.15) is 5.56 Å². The molecule has 28 heavy (non-hydrogen) atoms. The third kappa shape index (κ3) is 4.65. The van der Waals surface area contributed by atoms with Crippen LogP contribution in [-0.4, -0.2) is 21.6 Å². The van der Waals surface area contributed by atoms with Crippen molar-refractivity contribution in [2.45, 2.75) is 32.2 Å². The van der Waals surface area contributed by atoms with Crippen molar-refractivity contribution in [3.8, 4) is 0 Å². The lowest BCUT2D eigenvalue weighted by Gasteiger charge is -2.13. The monoisotopic (exact) mass is 378 g/mol. The van der Waals surface area contributed by atoms with Gasteiger partial charge in [-0.2, -0.15) is 0 Å². The Bertz CT molecular complexity index is 1040. The van der Waals surface area contributed by atoms with Gasteiger partial charge in [0.05, 0.1) is 5.52 Å². The largest absolute Gasteiger partial charge is 0.481 e. The van der Waals surface area contributed by atoms with Crippen LogP contribution in [0, 0.1) is 0 Å². The van der Waals surface area contributed by atoms with Crippen molar-refractivity contribution in [2.24, 2.45) is 0 Å². The van der Waals surface area contributed by atoms with E-state index in [9.17, 15) is 14.4 Å². The quantitative estimate of drug-likeness (QED) is 0.582. The van der Waals surface area contributed by atoms with Crippen molar-refractivity contribution in [3.63, 3.8) is 0 Å². The number of hydrogen-bond acceptors (Lipinski definition) is 3. The maximum Gasteiger partial charge on any atom is 0.303 e. The van der Waals surface area contributed by atoms with E-state index in [0.717, 1.165) is 18.4 Å². The van der Waals surface area contributed by atoms with Crippen LogP contribution < -0.4 is 10.7 Å². The minimum Gasteiger partial charge on any atom is -0.481 e. The number of carbonyl (C=O) groups is 2. The topological polar surface area (TPSA) is 88.4 Å². The summed E-state index contributed by atoms with van der Waals surface area (Å²) in [7, 11) is 0. The van der Waals surface area contributed by atoms with Gasteiger partial charge in [0.2, 0.25) is 5.43 Å². The normalized spacial score (nSPS) is 10.7. The summed E-state index contributed by atoms with van der Waals surface area (Å²) in [5.41, 5.74) is 1.18. The highest BCUT2D eigenvalue weighted by molar-refractivity contribution is 6.05. The molecule has 2 N–H and O–H groups in total.